The number of aryl methyl sites for hydroxylation is 1. The number of nitrogens with zero attached hydrogens (tertiary/aromatic N) is 1. The summed E-state index contributed by atoms with van der Waals surface area (Å²) in [5, 5.41) is 0. The quantitative estimate of drug-likeness (QED) is 0.692. The fraction of sp³-hybridized carbons (Fsp3) is 0.545. The Bertz CT molecular complexity index is 292. The lowest BCUT2D eigenvalue weighted by molar-refractivity contribution is 0.0695. The Labute approximate surface area is 78.9 Å². The van der Waals surface area contributed by atoms with Crippen LogP contribution in [0, 0.1) is 12.8 Å². The van der Waals surface area contributed by atoms with Crippen LogP contribution in [0.1, 0.15) is 25.3 Å². The van der Waals surface area contributed by atoms with Crippen molar-refractivity contribution in [2.75, 3.05) is 0 Å². The first-order valence-corrected chi connectivity index (χ1v) is 4.83. The van der Waals surface area contributed by atoms with Gasteiger partial charge in [0.25, 0.3) is 0 Å². The van der Waals surface area contributed by atoms with Gasteiger partial charge in [0.2, 0.25) is 5.88 Å². The predicted octanol–water partition coefficient (Wildman–Crippen LogP) is 2.57. The normalized spacial score (nSPS) is 26.6. The molecule has 70 valence electrons. The molecule has 2 nitrogen and oxygen atoms in total. The van der Waals surface area contributed by atoms with E-state index in [2.05, 4.69) is 18.8 Å². The molecule has 0 unspecified atom stereocenters. The smallest absolute Gasteiger partial charge is 0.213 e. The van der Waals surface area contributed by atoms with Crippen LogP contribution in [0.5, 0.6) is 5.88 Å². The average molecular weight is 177 g/mol. The predicted molar refractivity (Wildman–Crippen MR) is 51.8 cm³/mol. The molecule has 2 heteroatoms. The van der Waals surface area contributed by atoms with Gasteiger partial charge < -0.3 is 4.74 Å². The molecule has 0 aromatic carbocycles. The fourth-order valence-electron chi connectivity index (χ4n) is 1.67. The second-order valence-electron chi connectivity index (χ2n) is 3.99. The van der Waals surface area contributed by atoms with Crippen LogP contribution in [0.2, 0.25) is 0 Å². The van der Waals surface area contributed by atoms with Crippen molar-refractivity contribution in [1.82, 2.24) is 4.98 Å². The molecular formula is C11H15NO. The third kappa shape index (κ3) is 2.00. The van der Waals surface area contributed by atoms with Crippen molar-refractivity contribution >= 4 is 0 Å². The van der Waals surface area contributed by atoms with E-state index in [-0.39, 0.29) is 0 Å². The highest BCUT2D eigenvalue weighted by Gasteiger charge is 2.27. The molecule has 0 radical (unpaired) electrons. The Morgan fingerprint density at radius 3 is 2.85 bits per heavy atom. The summed E-state index contributed by atoms with van der Waals surface area (Å²) < 4.78 is 5.69. The maximum atomic E-state index is 5.69. The van der Waals surface area contributed by atoms with Crippen LogP contribution in [-0.4, -0.2) is 11.1 Å². The summed E-state index contributed by atoms with van der Waals surface area (Å²) in [6, 6.07) is 3.97. The highest BCUT2D eigenvalue weighted by atomic mass is 16.5. The van der Waals surface area contributed by atoms with Gasteiger partial charge in [-0.2, -0.15) is 0 Å². The average Bonchev–Trinajstić information content (AvgIpc) is 2.01. The Morgan fingerprint density at radius 1 is 1.46 bits per heavy atom. The zero-order valence-corrected chi connectivity index (χ0v) is 8.16. The molecule has 1 fully saturated rings. The van der Waals surface area contributed by atoms with Gasteiger partial charge in [-0.25, -0.2) is 4.98 Å². The highest BCUT2D eigenvalue weighted by Crippen LogP contribution is 2.29. The zero-order chi connectivity index (χ0) is 9.26. The van der Waals surface area contributed by atoms with E-state index in [1.807, 2.05) is 12.1 Å². The third-order valence-corrected chi connectivity index (χ3v) is 2.51. The largest absolute Gasteiger partial charge is 0.474 e. The molecule has 0 N–H and O–H groups in total. The number of pyridine rings is 1. The molecule has 0 bridgehead atoms. The van der Waals surface area contributed by atoms with E-state index < -0.39 is 0 Å². The summed E-state index contributed by atoms with van der Waals surface area (Å²) in [5.74, 6) is 1.60. The minimum Gasteiger partial charge on any atom is -0.474 e. The monoisotopic (exact) mass is 177 g/mol. The summed E-state index contributed by atoms with van der Waals surface area (Å²) >= 11 is 0. The van der Waals surface area contributed by atoms with E-state index in [1.165, 1.54) is 18.4 Å². The SMILES string of the molecule is Cc1ccnc(OC2CC(C)C2)c1. The van der Waals surface area contributed by atoms with E-state index in [4.69, 9.17) is 4.74 Å². The molecule has 0 aliphatic heterocycles. The molecule has 0 saturated heterocycles. The van der Waals surface area contributed by atoms with E-state index in [9.17, 15) is 0 Å². The maximum absolute atomic E-state index is 5.69. The lowest BCUT2D eigenvalue weighted by Gasteiger charge is -2.32. The second kappa shape index (κ2) is 3.36. The number of rotatable bonds is 2. The van der Waals surface area contributed by atoms with Crippen molar-refractivity contribution in [3.05, 3.63) is 23.9 Å². The van der Waals surface area contributed by atoms with Crippen LogP contribution >= 0.6 is 0 Å². The van der Waals surface area contributed by atoms with Crippen LogP contribution in [-0.2, 0) is 0 Å². The van der Waals surface area contributed by atoms with Crippen molar-refractivity contribution in [1.29, 1.82) is 0 Å². The lowest BCUT2D eigenvalue weighted by Crippen LogP contribution is -2.32. The Balaban J connectivity index is 1.94. The van der Waals surface area contributed by atoms with Gasteiger partial charge in [0.15, 0.2) is 0 Å². The summed E-state index contributed by atoms with van der Waals surface area (Å²) in [7, 11) is 0. The van der Waals surface area contributed by atoms with Crippen LogP contribution in [0.3, 0.4) is 0 Å². The van der Waals surface area contributed by atoms with Gasteiger partial charge in [0, 0.05) is 12.3 Å². The molecule has 1 aliphatic rings. The Kier molecular flexibility index (Phi) is 2.21. The fourth-order valence-corrected chi connectivity index (χ4v) is 1.67. The summed E-state index contributed by atoms with van der Waals surface area (Å²) in [5.41, 5.74) is 1.21. The molecule has 1 aliphatic carbocycles. The summed E-state index contributed by atoms with van der Waals surface area (Å²) in [4.78, 5) is 4.16. The number of hydrogen-bond acceptors (Lipinski definition) is 2. The van der Waals surface area contributed by atoms with Crippen molar-refractivity contribution < 1.29 is 4.74 Å². The molecule has 0 atom stereocenters. The van der Waals surface area contributed by atoms with Gasteiger partial charge in [-0.05, 0) is 37.3 Å². The van der Waals surface area contributed by atoms with Gasteiger partial charge in [-0.1, -0.05) is 6.92 Å². The zero-order valence-electron chi connectivity index (χ0n) is 8.16. The van der Waals surface area contributed by atoms with E-state index in [0.29, 0.717) is 6.10 Å². The Morgan fingerprint density at radius 2 is 2.23 bits per heavy atom. The summed E-state index contributed by atoms with van der Waals surface area (Å²) in [6.45, 7) is 4.31. The van der Waals surface area contributed by atoms with E-state index in [1.54, 1.807) is 6.20 Å². The lowest BCUT2D eigenvalue weighted by atomic mass is 9.84. The van der Waals surface area contributed by atoms with Crippen molar-refractivity contribution in [3.8, 4) is 5.88 Å². The minimum atomic E-state index is 0.407. The maximum Gasteiger partial charge on any atom is 0.213 e. The highest BCUT2D eigenvalue weighted by molar-refractivity contribution is 5.19. The molecule has 1 heterocycles. The molecule has 0 amide bonds. The van der Waals surface area contributed by atoms with Crippen molar-refractivity contribution in [3.63, 3.8) is 0 Å². The molecule has 2 rings (SSSR count). The first-order chi connectivity index (χ1) is 6.24. The van der Waals surface area contributed by atoms with Crippen LogP contribution in [0.15, 0.2) is 18.3 Å². The molecule has 1 saturated carbocycles. The minimum absolute atomic E-state index is 0.407. The standard InChI is InChI=1S/C11H15NO/c1-8-3-4-12-11(7-8)13-10-5-9(2)6-10/h3-4,7,9-10H,5-6H2,1-2H3. The van der Waals surface area contributed by atoms with E-state index >= 15 is 0 Å². The molecule has 13 heavy (non-hydrogen) atoms. The number of hydrogen-bond donors (Lipinski definition) is 0. The van der Waals surface area contributed by atoms with Gasteiger partial charge in [0.1, 0.15) is 6.10 Å². The topological polar surface area (TPSA) is 22.1 Å². The summed E-state index contributed by atoms with van der Waals surface area (Å²) in [6.07, 6.45) is 4.56. The van der Waals surface area contributed by atoms with Crippen LogP contribution < -0.4 is 4.74 Å². The van der Waals surface area contributed by atoms with Gasteiger partial charge in [-0.15, -0.1) is 0 Å². The van der Waals surface area contributed by atoms with Gasteiger partial charge >= 0.3 is 0 Å². The molecular weight excluding hydrogens is 162 g/mol. The van der Waals surface area contributed by atoms with E-state index in [0.717, 1.165) is 11.8 Å². The van der Waals surface area contributed by atoms with Crippen molar-refractivity contribution in [2.24, 2.45) is 5.92 Å². The van der Waals surface area contributed by atoms with Crippen LogP contribution in [0.4, 0.5) is 0 Å². The molecule has 1 aromatic heterocycles. The number of aromatic nitrogens is 1. The number of ether oxygens (including phenoxy) is 1. The Hall–Kier alpha value is -1.05. The second-order valence-corrected chi connectivity index (χ2v) is 3.99. The molecule has 1 aromatic rings. The first-order valence-electron chi connectivity index (χ1n) is 4.83. The third-order valence-electron chi connectivity index (χ3n) is 2.51. The van der Waals surface area contributed by atoms with Crippen molar-refractivity contribution in [2.45, 2.75) is 32.8 Å². The van der Waals surface area contributed by atoms with Gasteiger partial charge in [-0.3, -0.25) is 0 Å². The molecule has 0 spiro atoms. The van der Waals surface area contributed by atoms with Gasteiger partial charge in [0.05, 0.1) is 0 Å². The first kappa shape index (κ1) is 8.54. The van der Waals surface area contributed by atoms with Crippen LogP contribution in [0.25, 0.3) is 0 Å².